The van der Waals surface area contributed by atoms with E-state index in [1.807, 2.05) is 12.1 Å². The van der Waals surface area contributed by atoms with Crippen molar-refractivity contribution in [3.05, 3.63) is 41.9 Å². The largest absolute Gasteiger partial charge is 0.497 e. The molecule has 0 amide bonds. The van der Waals surface area contributed by atoms with Crippen LogP contribution < -0.4 is 9.47 Å². The first-order valence-electron chi connectivity index (χ1n) is 8.86. The molecule has 1 N–H and O–H groups in total. The van der Waals surface area contributed by atoms with Crippen molar-refractivity contribution in [2.45, 2.75) is 25.3 Å². The van der Waals surface area contributed by atoms with Crippen molar-refractivity contribution in [2.24, 2.45) is 0 Å². The second-order valence-electron chi connectivity index (χ2n) is 6.59. The van der Waals surface area contributed by atoms with Crippen LogP contribution in [0.15, 0.2) is 30.6 Å². The highest BCUT2D eigenvalue weighted by Gasteiger charge is 2.25. The number of piperidine rings is 1. The number of hydrogen-bond acceptors (Lipinski definition) is 6. The highest BCUT2D eigenvalue weighted by molar-refractivity contribution is 5.72. The lowest BCUT2D eigenvalue weighted by Gasteiger charge is -2.31. The first-order chi connectivity index (χ1) is 12.8. The number of nitrogens with zero attached hydrogens (tertiary/aromatic N) is 4. The van der Waals surface area contributed by atoms with E-state index >= 15 is 0 Å². The van der Waals surface area contributed by atoms with Gasteiger partial charge in [-0.2, -0.15) is 5.10 Å². The number of nitrogens with one attached hydrogen (secondary N) is 1. The third-order valence-corrected chi connectivity index (χ3v) is 5.10. The number of likely N-dealkylation sites (tertiary alicyclic amines) is 1. The molecule has 7 heteroatoms. The molecule has 1 saturated heterocycles. The molecule has 1 aromatic carbocycles. The fourth-order valence-corrected chi connectivity index (χ4v) is 3.66. The van der Waals surface area contributed by atoms with Crippen molar-refractivity contribution >= 4 is 11.2 Å². The van der Waals surface area contributed by atoms with Gasteiger partial charge in [-0.1, -0.05) is 6.07 Å². The Morgan fingerprint density at radius 2 is 1.92 bits per heavy atom. The molecule has 0 radical (unpaired) electrons. The Bertz CT molecular complexity index is 887. The van der Waals surface area contributed by atoms with Gasteiger partial charge in [-0.3, -0.25) is 10.00 Å². The summed E-state index contributed by atoms with van der Waals surface area (Å²) in [5, 5.41) is 7.43. The van der Waals surface area contributed by atoms with Crippen LogP contribution in [0.4, 0.5) is 0 Å². The third kappa shape index (κ3) is 3.22. The molecule has 0 unspecified atom stereocenters. The van der Waals surface area contributed by atoms with E-state index in [4.69, 9.17) is 9.47 Å². The zero-order chi connectivity index (χ0) is 17.9. The molecule has 1 aliphatic rings. The fraction of sp³-hybridized carbons (Fsp3) is 0.421. The average Bonchev–Trinajstić information content (AvgIpc) is 3.13. The number of benzene rings is 1. The molecule has 3 aromatic rings. The van der Waals surface area contributed by atoms with Gasteiger partial charge in [-0.05, 0) is 32.0 Å². The minimum atomic E-state index is 0.450. The topological polar surface area (TPSA) is 76.2 Å². The number of H-pyrrole nitrogens is 1. The molecule has 4 rings (SSSR count). The molecule has 1 fully saturated rings. The lowest BCUT2D eigenvalue weighted by Crippen LogP contribution is -2.32. The van der Waals surface area contributed by atoms with Gasteiger partial charge in [0.15, 0.2) is 5.65 Å². The average molecular weight is 353 g/mol. The standard InChI is InChI=1S/C19H23N5O2/c1-25-15-4-3-14(16(11-15)26-2)12-24-9-5-13(6-10-24)17-18-19(23-22-17)21-8-7-20-18/h3-4,7-8,11,13H,5-6,9-10,12H2,1-2H3,(H,21,22,23). The summed E-state index contributed by atoms with van der Waals surface area (Å²) in [5.41, 5.74) is 3.91. The molecule has 0 saturated carbocycles. The van der Waals surface area contributed by atoms with Gasteiger partial charge >= 0.3 is 0 Å². The Morgan fingerprint density at radius 3 is 2.69 bits per heavy atom. The number of ether oxygens (including phenoxy) is 2. The van der Waals surface area contributed by atoms with E-state index in [-0.39, 0.29) is 0 Å². The van der Waals surface area contributed by atoms with Crippen LogP contribution in [-0.2, 0) is 6.54 Å². The molecular formula is C19H23N5O2. The van der Waals surface area contributed by atoms with Crippen molar-refractivity contribution in [3.8, 4) is 11.5 Å². The first-order valence-corrected chi connectivity index (χ1v) is 8.86. The van der Waals surface area contributed by atoms with Gasteiger partial charge in [-0.25, -0.2) is 9.97 Å². The highest BCUT2D eigenvalue weighted by atomic mass is 16.5. The minimum Gasteiger partial charge on any atom is -0.497 e. The van der Waals surface area contributed by atoms with Crippen LogP contribution in [0.25, 0.3) is 11.2 Å². The normalized spacial score (nSPS) is 16.1. The van der Waals surface area contributed by atoms with Gasteiger partial charge < -0.3 is 9.47 Å². The van der Waals surface area contributed by atoms with Crippen molar-refractivity contribution in [3.63, 3.8) is 0 Å². The number of hydrogen-bond donors (Lipinski definition) is 1. The maximum atomic E-state index is 5.52. The summed E-state index contributed by atoms with van der Waals surface area (Å²) in [5.74, 6) is 2.14. The third-order valence-electron chi connectivity index (χ3n) is 5.10. The summed E-state index contributed by atoms with van der Waals surface area (Å²) < 4.78 is 10.8. The lowest BCUT2D eigenvalue weighted by molar-refractivity contribution is 0.201. The van der Waals surface area contributed by atoms with E-state index in [2.05, 4.69) is 31.1 Å². The van der Waals surface area contributed by atoms with Gasteiger partial charge in [0.25, 0.3) is 0 Å². The quantitative estimate of drug-likeness (QED) is 0.760. The number of methoxy groups -OCH3 is 2. The molecule has 0 spiro atoms. The van der Waals surface area contributed by atoms with Crippen molar-refractivity contribution in [1.82, 2.24) is 25.1 Å². The summed E-state index contributed by atoms with van der Waals surface area (Å²) in [4.78, 5) is 11.2. The summed E-state index contributed by atoms with van der Waals surface area (Å²) in [6, 6.07) is 6.01. The molecule has 7 nitrogen and oxygen atoms in total. The molecule has 1 aliphatic heterocycles. The van der Waals surface area contributed by atoms with Gasteiger partial charge in [0, 0.05) is 36.5 Å². The summed E-state index contributed by atoms with van der Waals surface area (Å²) in [6.45, 7) is 2.94. The molecule has 2 aromatic heterocycles. The monoisotopic (exact) mass is 353 g/mol. The van der Waals surface area contributed by atoms with E-state index in [9.17, 15) is 0 Å². The SMILES string of the molecule is COc1ccc(CN2CCC(c3[nH]nc4nccnc34)CC2)c(OC)c1. The lowest BCUT2D eigenvalue weighted by atomic mass is 9.93. The van der Waals surface area contributed by atoms with Gasteiger partial charge in [0.1, 0.15) is 17.0 Å². The van der Waals surface area contributed by atoms with Crippen LogP contribution in [0.3, 0.4) is 0 Å². The minimum absolute atomic E-state index is 0.450. The molecule has 0 bridgehead atoms. The maximum Gasteiger partial charge on any atom is 0.199 e. The van der Waals surface area contributed by atoms with Crippen molar-refractivity contribution in [1.29, 1.82) is 0 Å². The first kappa shape index (κ1) is 16.8. The summed E-state index contributed by atoms with van der Waals surface area (Å²) in [6.07, 6.45) is 5.56. The molecule has 3 heterocycles. The Hall–Kier alpha value is -2.67. The second-order valence-corrected chi connectivity index (χ2v) is 6.59. The molecule has 26 heavy (non-hydrogen) atoms. The van der Waals surface area contributed by atoms with Crippen LogP contribution in [0, 0.1) is 0 Å². The molecule has 136 valence electrons. The van der Waals surface area contributed by atoms with E-state index in [1.54, 1.807) is 26.6 Å². The summed E-state index contributed by atoms with van der Waals surface area (Å²) >= 11 is 0. The van der Waals surface area contributed by atoms with Gasteiger partial charge in [0.05, 0.1) is 19.9 Å². The van der Waals surface area contributed by atoms with Crippen LogP contribution >= 0.6 is 0 Å². The zero-order valence-corrected chi connectivity index (χ0v) is 15.1. The van der Waals surface area contributed by atoms with Gasteiger partial charge in [0.2, 0.25) is 0 Å². The van der Waals surface area contributed by atoms with Crippen molar-refractivity contribution < 1.29 is 9.47 Å². The second kappa shape index (κ2) is 7.29. The number of rotatable bonds is 5. The van der Waals surface area contributed by atoms with Crippen LogP contribution in [0.5, 0.6) is 11.5 Å². The Morgan fingerprint density at radius 1 is 1.12 bits per heavy atom. The Kier molecular flexibility index (Phi) is 4.71. The van der Waals surface area contributed by atoms with Gasteiger partial charge in [-0.15, -0.1) is 0 Å². The number of aromatic nitrogens is 4. The maximum absolute atomic E-state index is 5.52. The van der Waals surface area contributed by atoms with E-state index in [0.29, 0.717) is 11.6 Å². The fourth-order valence-electron chi connectivity index (χ4n) is 3.66. The highest BCUT2D eigenvalue weighted by Crippen LogP contribution is 2.32. The number of aromatic amines is 1. The Balaban J connectivity index is 1.42. The number of fused-ring (bicyclic) bond motifs is 1. The smallest absolute Gasteiger partial charge is 0.199 e. The van der Waals surface area contributed by atoms with E-state index < -0.39 is 0 Å². The Labute approximate surface area is 152 Å². The zero-order valence-electron chi connectivity index (χ0n) is 15.1. The van der Waals surface area contributed by atoms with Crippen LogP contribution in [0.2, 0.25) is 0 Å². The van der Waals surface area contributed by atoms with Crippen LogP contribution in [-0.4, -0.2) is 52.4 Å². The molecule has 0 atom stereocenters. The summed E-state index contributed by atoms with van der Waals surface area (Å²) in [7, 11) is 3.37. The predicted octanol–water partition coefficient (Wildman–Crippen LogP) is 2.75. The van der Waals surface area contributed by atoms with Crippen molar-refractivity contribution in [2.75, 3.05) is 27.3 Å². The molecular weight excluding hydrogens is 330 g/mol. The van der Waals surface area contributed by atoms with Crippen LogP contribution in [0.1, 0.15) is 30.0 Å². The molecule has 0 aliphatic carbocycles. The predicted molar refractivity (Wildman–Crippen MR) is 98.5 cm³/mol. The van der Waals surface area contributed by atoms with E-state index in [0.717, 1.165) is 55.2 Å². The van der Waals surface area contributed by atoms with E-state index in [1.165, 1.54) is 5.56 Å².